The SMILES string of the molecule is CCCCCCCCCCCCCCCCCCCCC(=O)O[C@@H](COC(=O)CCCCCCCCC)COC(=O)CCCCCCCCC(C)C. The first-order valence-electron chi connectivity index (χ1n) is 22.9. The second-order valence-corrected chi connectivity index (χ2v) is 16.2. The second-order valence-electron chi connectivity index (χ2n) is 16.2. The van der Waals surface area contributed by atoms with Crippen molar-refractivity contribution in [2.45, 2.75) is 259 Å². The van der Waals surface area contributed by atoms with E-state index in [1.807, 2.05) is 0 Å². The van der Waals surface area contributed by atoms with Crippen molar-refractivity contribution in [3.05, 3.63) is 0 Å². The summed E-state index contributed by atoms with van der Waals surface area (Å²) in [6, 6.07) is 0. The average molecular weight is 737 g/mol. The summed E-state index contributed by atoms with van der Waals surface area (Å²) in [5.41, 5.74) is 0. The number of esters is 3. The van der Waals surface area contributed by atoms with E-state index in [0.29, 0.717) is 19.3 Å². The van der Waals surface area contributed by atoms with Gasteiger partial charge in [-0.25, -0.2) is 0 Å². The predicted octanol–water partition coefficient (Wildman–Crippen LogP) is 14.3. The lowest BCUT2D eigenvalue weighted by atomic mass is 10.0. The molecule has 0 fully saturated rings. The Hall–Kier alpha value is -1.59. The highest BCUT2D eigenvalue weighted by atomic mass is 16.6. The van der Waals surface area contributed by atoms with Gasteiger partial charge < -0.3 is 14.2 Å². The Bertz CT molecular complexity index is 781. The molecule has 308 valence electrons. The molecule has 0 N–H and O–H groups in total. The van der Waals surface area contributed by atoms with Gasteiger partial charge in [0.2, 0.25) is 0 Å². The zero-order chi connectivity index (χ0) is 38.2. The summed E-state index contributed by atoms with van der Waals surface area (Å²) in [4.78, 5) is 37.5. The van der Waals surface area contributed by atoms with Crippen LogP contribution in [-0.4, -0.2) is 37.2 Å². The predicted molar refractivity (Wildman–Crippen MR) is 220 cm³/mol. The standard InChI is InChI=1S/C46H88O6/c1-5-7-9-11-13-14-15-16-17-18-19-20-21-22-23-25-31-35-39-46(49)52-43(40-50-44(47)37-33-29-24-12-10-8-6-2)41-51-45(48)38-34-30-27-26-28-32-36-42(3)4/h42-43H,5-41H2,1-4H3/t43-/m0/s1. The van der Waals surface area contributed by atoms with Crippen LogP contribution in [0.25, 0.3) is 0 Å². The first-order valence-corrected chi connectivity index (χ1v) is 22.9. The minimum Gasteiger partial charge on any atom is -0.462 e. The van der Waals surface area contributed by atoms with E-state index in [2.05, 4.69) is 27.7 Å². The van der Waals surface area contributed by atoms with Crippen LogP contribution in [0.1, 0.15) is 252 Å². The van der Waals surface area contributed by atoms with E-state index in [1.165, 1.54) is 148 Å². The topological polar surface area (TPSA) is 78.9 Å². The Morgan fingerprint density at radius 2 is 0.635 bits per heavy atom. The fraction of sp³-hybridized carbons (Fsp3) is 0.935. The Kier molecular flexibility index (Phi) is 39.4. The highest BCUT2D eigenvalue weighted by Gasteiger charge is 2.19. The summed E-state index contributed by atoms with van der Waals surface area (Å²) >= 11 is 0. The average Bonchev–Trinajstić information content (AvgIpc) is 3.12. The number of unbranched alkanes of at least 4 members (excludes halogenated alkanes) is 28. The molecular weight excluding hydrogens is 648 g/mol. The van der Waals surface area contributed by atoms with Crippen molar-refractivity contribution in [1.29, 1.82) is 0 Å². The van der Waals surface area contributed by atoms with Gasteiger partial charge >= 0.3 is 17.9 Å². The smallest absolute Gasteiger partial charge is 0.306 e. The largest absolute Gasteiger partial charge is 0.462 e. The fourth-order valence-corrected chi connectivity index (χ4v) is 6.80. The maximum absolute atomic E-state index is 12.7. The van der Waals surface area contributed by atoms with E-state index >= 15 is 0 Å². The molecule has 0 aliphatic heterocycles. The zero-order valence-electron chi connectivity index (χ0n) is 35.3. The number of ether oxygens (including phenoxy) is 3. The third-order valence-electron chi connectivity index (χ3n) is 10.3. The van der Waals surface area contributed by atoms with Crippen LogP contribution in [0.5, 0.6) is 0 Å². The minimum atomic E-state index is -0.758. The molecule has 0 spiro atoms. The van der Waals surface area contributed by atoms with Crippen LogP contribution in [0.15, 0.2) is 0 Å². The molecule has 0 rings (SSSR count). The number of carbonyl (C=O) groups excluding carboxylic acids is 3. The van der Waals surface area contributed by atoms with Crippen molar-refractivity contribution in [2.24, 2.45) is 5.92 Å². The third-order valence-corrected chi connectivity index (χ3v) is 10.3. The van der Waals surface area contributed by atoms with Gasteiger partial charge in [0.05, 0.1) is 0 Å². The molecule has 6 heteroatoms. The Balaban J connectivity index is 4.19. The van der Waals surface area contributed by atoms with Gasteiger partial charge in [0.25, 0.3) is 0 Å². The van der Waals surface area contributed by atoms with Crippen LogP contribution in [0.4, 0.5) is 0 Å². The van der Waals surface area contributed by atoms with Gasteiger partial charge in [-0.2, -0.15) is 0 Å². The van der Waals surface area contributed by atoms with Crippen molar-refractivity contribution in [3.8, 4) is 0 Å². The maximum Gasteiger partial charge on any atom is 0.306 e. The lowest BCUT2D eigenvalue weighted by molar-refractivity contribution is -0.167. The summed E-state index contributed by atoms with van der Waals surface area (Å²) < 4.78 is 16.6. The van der Waals surface area contributed by atoms with Gasteiger partial charge in [-0.1, -0.05) is 214 Å². The molecule has 0 bridgehead atoms. The first-order chi connectivity index (χ1) is 25.4. The summed E-state index contributed by atoms with van der Waals surface area (Å²) in [6.45, 7) is 8.89. The van der Waals surface area contributed by atoms with Crippen LogP contribution in [0.2, 0.25) is 0 Å². The highest BCUT2D eigenvalue weighted by Crippen LogP contribution is 2.16. The molecular formula is C46H88O6. The van der Waals surface area contributed by atoms with E-state index < -0.39 is 6.10 Å². The van der Waals surface area contributed by atoms with E-state index in [0.717, 1.165) is 63.7 Å². The summed E-state index contributed by atoms with van der Waals surface area (Å²) in [6.07, 6.45) is 39.7. The molecule has 0 saturated carbocycles. The van der Waals surface area contributed by atoms with Gasteiger partial charge in [-0.05, 0) is 25.2 Å². The molecule has 0 aliphatic carbocycles. The normalized spacial score (nSPS) is 11.9. The Labute approximate surface area is 323 Å². The summed E-state index contributed by atoms with van der Waals surface area (Å²) in [5, 5.41) is 0. The van der Waals surface area contributed by atoms with E-state index in [9.17, 15) is 14.4 Å². The van der Waals surface area contributed by atoms with Crippen LogP contribution in [0, 0.1) is 5.92 Å². The molecule has 0 aromatic rings. The van der Waals surface area contributed by atoms with Gasteiger partial charge in [0.15, 0.2) is 6.10 Å². The van der Waals surface area contributed by atoms with Crippen LogP contribution < -0.4 is 0 Å². The maximum atomic E-state index is 12.7. The van der Waals surface area contributed by atoms with Crippen molar-refractivity contribution in [3.63, 3.8) is 0 Å². The third kappa shape index (κ3) is 39.6. The van der Waals surface area contributed by atoms with Crippen LogP contribution in [0.3, 0.4) is 0 Å². The van der Waals surface area contributed by atoms with Crippen molar-refractivity contribution >= 4 is 17.9 Å². The van der Waals surface area contributed by atoms with E-state index in [-0.39, 0.29) is 31.1 Å². The molecule has 0 saturated heterocycles. The second kappa shape index (κ2) is 40.6. The highest BCUT2D eigenvalue weighted by molar-refractivity contribution is 5.71. The Morgan fingerprint density at radius 1 is 0.365 bits per heavy atom. The van der Waals surface area contributed by atoms with Gasteiger partial charge in [-0.15, -0.1) is 0 Å². The van der Waals surface area contributed by atoms with Crippen molar-refractivity contribution in [1.82, 2.24) is 0 Å². The van der Waals surface area contributed by atoms with Gasteiger partial charge in [0, 0.05) is 19.3 Å². The summed E-state index contributed by atoms with van der Waals surface area (Å²) in [5.74, 6) is -0.102. The van der Waals surface area contributed by atoms with Gasteiger partial charge in [0.1, 0.15) is 13.2 Å². The minimum absolute atomic E-state index is 0.0656. The van der Waals surface area contributed by atoms with E-state index in [4.69, 9.17) is 14.2 Å². The number of hydrogen-bond donors (Lipinski definition) is 0. The van der Waals surface area contributed by atoms with E-state index in [1.54, 1.807) is 0 Å². The number of carbonyl (C=O) groups is 3. The molecule has 1 atom stereocenters. The molecule has 0 unspecified atom stereocenters. The molecule has 0 aliphatic rings. The number of rotatable bonds is 41. The lowest BCUT2D eigenvalue weighted by Gasteiger charge is -2.18. The molecule has 0 amide bonds. The van der Waals surface area contributed by atoms with Crippen LogP contribution >= 0.6 is 0 Å². The molecule has 0 aromatic heterocycles. The number of hydrogen-bond acceptors (Lipinski definition) is 6. The Morgan fingerprint density at radius 3 is 0.942 bits per heavy atom. The molecule has 52 heavy (non-hydrogen) atoms. The first kappa shape index (κ1) is 50.4. The molecule has 0 aromatic carbocycles. The molecule has 0 radical (unpaired) electrons. The summed E-state index contributed by atoms with van der Waals surface area (Å²) in [7, 11) is 0. The van der Waals surface area contributed by atoms with Crippen molar-refractivity contribution in [2.75, 3.05) is 13.2 Å². The molecule has 6 nitrogen and oxygen atoms in total. The van der Waals surface area contributed by atoms with Crippen LogP contribution in [-0.2, 0) is 28.6 Å². The zero-order valence-corrected chi connectivity index (χ0v) is 35.3. The fourth-order valence-electron chi connectivity index (χ4n) is 6.80. The molecule has 0 heterocycles. The van der Waals surface area contributed by atoms with Crippen molar-refractivity contribution < 1.29 is 28.6 Å². The quantitative estimate of drug-likeness (QED) is 0.0353. The van der Waals surface area contributed by atoms with Gasteiger partial charge in [-0.3, -0.25) is 14.4 Å². The lowest BCUT2D eigenvalue weighted by Crippen LogP contribution is -2.30. The monoisotopic (exact) mass is 737 g/mol.